The summed E-state index contributed by atoms with van der Waals surface area (Å²) < 4.78 is 38.5. The smallest absolute Gasteiger partial charge is 0.187 e. The van der Waals surface area contributed by atoms with Crippen LogP contribution in [0.25, 0.3) is 0 Å². The highest BCUT2D eigenvalue weighted by Crippen LogP contribution is 2.31. The molecule has 4 aromatic carbocycles. The van der Waals surface area contributed by atoms with Gasteiger partial charge in [0.25, 0.3) is 0 Å². The number of aliphatic hydroxyl groups excluding tert-OH is 1. The molecule has 226 valence electrons. The largest absolute Gasteiger partial charge is 0.394 e. The molecule has 1 fully saturated rings. The highest BCUT2D eigenvalue weighted by Gasteiger charge is 2.49. The fourth-order valence-electron chi connectivity index (χ4n) is 5.05. The number of aliphatic hydroxyl groups is 1. The van der Waals surface area contributed by atoms with Gasteiger partial charge in [0, 0.05) is 0 Å². The minimum Gasteiger partial charge on any atom is -0.394 e. The van der Waals surface area contributed by atoms with Crippen molar-refractivity contribution in [3.63, 3.8) is 0 Å². The van der Waals surface area contributed by atoms with Gasteiger partial charge in [-0.15, -0.1) is 0 Å². The van der Waals surface area contributed by atoms with Gasteiger partial charge in [0.1, 0.15) is 24.4 Å². The van der Waals surface area contributed by atoms with E-state index < -0.39 is 30.7 Å². The average molecular weight is 585 g/mol. The van der Waals surface area contributed by atoms with Crippen molar-refractivity contribution < 1.29 is 33.5 Å². The molecule has 0 spiro atoms. The molecular formula is C36H40O7. The predicted molar refractivity (Wildman–Crippen MR) is 163 cm³/mol. The van der Waals surface area contributed by atoms with Crippen LogP contribution in [0.2, 0.25) is 0 Å². The Balaban J connectivity index is 1.41. The summed E-state index contributed by atoms with van der Waals surface area (Å²) >= 11 is 0. The molecule has 4 aromatic rings. The maximum atomic E-state index is 9.60. The lowest BCUT2D eigenvalue weighted by atomic mass is 9.97. The molecule has 1 heterocycles. The highest BCUT2D eigenvalue weighted by molar-refractivity contribution is 5.16. The molecular weight excluding hydrogens is 544 g/mol. The van der Waals surface area contributed by atoms with Crippen molar-refractivity contribution in [2.45, 2.75) is 57.1 Å². The zero-order valence-electron chi connectivity index (χ0n) is 24.3. The van der Waals surface area contributed by atoms with E-state index in [0.717, 1.165) is 22.3 Å². The number of benzene rings is 4. The SMILES string of the molecule is OCCOC1O[C@H](COCc2ccccc2)[C@@H](OCc2ccccc2)[C@H](OCc2ccccc2)[C@H]1OCc1ccccc1. The first-order valence-corrected chi connectivity index (χ1v) is 14.8. The molecule has 1 N–H and O–H groups in total. The normalized spacial score (nSPS) is 21.9. The molecule has 0 amide bonds. The monoisotopic (exact) mass is 584 g/mol. The van der Waals surface area contributed by atoms with E-state index in [-0.39, 0.29) is 19.8 Å². The predicted octanol–water partition coefficient (Wildman–Crippen LogP) is 5.69. The molecule has 1 unspecified atom stereocenters. The van der Waals surface area contributed by atoms with Crippen LogP contribution < -0.4 is 0 Å². The minimum absolute atomic E-state index is 0.0917. The second-order valence-corrected chi connectivity index (χ2v) is 10.4. The number of rotatable bonds is 16. The fourth-order valence-corrected chi connectivity index (χ4v) is 5.05. The van der Waals surface area contributed by atoms with E-state index in [4.69, 9.17) is 28.4 Å². The van der Waals surface area contributed by atoms with Crippen LogP contribution in [0.1, 0.15) is 22.3 Å². The van der Waals surface area contributed by atoms with E-state index in [1.165, 1.54) is 0 Å². The van der Waals surface area contributed by atoms with Crippen molar-refractivity contribution in [3.8, 4) is 0 Å². The van der Waals surface area contributed by atoms with Crippen LogP contribution in [0.5, 0.6) is 0 Å². The fraction of sp³-hybridized carbons (Fsp3) is 0.333. The first kappa shape index (κ1) is 31.0. The molecule has 0 bridgehead atoms. The van der Waals surface area contributed by atoms with E-state index >= 15 is 0 Å². The van der Waals surface area contributed by atoms with Gasteiger partial charge < -0.3 is 33.5 Å². The zero-order chi connectivity index (χ0) is 29.5. The number of hydrogen-bond donors (Lipinski definition) is 1. The van der Waals surface area contributed by atoms with Crippen molar-refractivity contribution in [2.24, 2.45) is 0 Å². The zero-order valence-corrected chi connectivity index (χ0v) is 24.3. The van der Waals surface area contributed by atoms with Gasteiger partial charge in [-0.25, -0.2) is 0 Å². The molecule has 0 saturated carbocycles. The molecule has 0 radical (unpaired) electrons. The summed E-state index contributed by atoms with van der Waals surface area (Å²) in [4.78, 5) is 0. The molecule has 1 aliphatic rings. The molecule has 0 aliphatic carbocycles. The quantitative estimate of drug-likeness (QED) is 0.181. The van der Waals surface area contributed by atoms with E-state index in [9.17, 15) is 5.11 Å². The lowest BCUT2D eigenvalue weighted by molar-refractivity contribution is -0.329. The highest BCUT2D eigenvalue weighted by atomic mass is 16.7. The Morgan fingerprint density at radius 3 is 1.37 bits per heavy atom. The van der Waals surface area contributed by atoms with E-state index in [1.54, 1.807) is 0 Å². The molecule has 5 atom stereocenters. The van der Waals surface area contributed by atoms with Crippen LogP contribution in [0.3, 0.4) is 0 Å². The molecule has 5 rings (SSSR count). The van der Waals surface area contributed by atoms with Crippen molar-refractivity contribution in [3.05, 3.63) is 144 Å². The lowest BCUT2D eigenvalue weighted by Crippen LogP contribution is -2.61. The van der Waals surface area contributed by atoms with E-state index in [0.29, 0.717) is 26.4 Å². The second-order valence-electron chi connectivity index (χ2n) is 10.4. The maximum Gasteiger partial charge on any atom is 0.187 e. The van der Waals surface area contributed by atoms with E-state index in [2.05, 4.69) is 0 Å². The summed E-state index contributed by atoms with van der Waals surface area (Å²) in [5.74, 6) is 0. The van der Waals surface area contributed by atoms with Gasteiger partial charge >= 0.3 is 0 Å². The van der Waals surface area contributed by atoms with Crippen LogP contribution in [-0.2, 0) is 54.8 Å². The Kier molecular flexibility index (Phi) is 12.3. The summed E-state index contributed by atoms with van der Waals surface area (Å²) in [6, 6.07) is 40.0. The van der Waals surface area contributed by atoms with Gasteiger partial charge in [0.15, 0.2) is 6.29 Å². The van der Waals surface area contributed by atoms with Crippen molar-refractivity contribution in [1.82, 2.24) is 0 Å². The molecule has 1 aliphatic heterocycles. The number of ether oxygens (including phenoxy) is 6. The first-order chi connectivity index (χ1) is 21.3. The van der Waals surface area contributed by atoms with Crippen molar-refractivity contribution in [2.75, 3.05) is 19.8 Å². The Morgan fingerprint density at radius 2 is 0.907 bits per heavy atom. The molecule has 1 saturated heterocycles. The number of hydrogen-bond acceptors (Lipinski definition) is 7. The summed E-state index contributed by atoms with van der Waals surface area (Å²) in [6.45, 7) is 1.68. The van der Waals surface area contributed by atoms with Crippen molar-refractivity contribution in [1.29, 1.82) is 0 Å². The molecule has 7 heteroatoms. The Labute approximate surface area is 253 Å². The minimum atomic E-state index is -0.807. The van der Waals surface area contributed by atoms with Gasteiger partial charge in [-0.3, -0.25) is 0 Å². The summed E-state index contributed by atoms with van der Waals surface area (Å²) in [5, 5.41) is 9.60. The van der Waals surface area contributed by atoms with Crippen LogP contribution in [-0.4, -0.2) is 55.6 Å². The summed E-state index contributed by atoms with van der Waals surface area (Å²) in [6.07, 6.45) is -3.06. The maximum absolute atomic E-state index is 9.60. The third kappa shape index (κ3) is 9.55. The topological polar surface area (TPSA) is 75.6 Å². The average Bonchev–Trinajstić information content (AvgIpc) is 3.07. The van der Waals surface area contributed by atoms with Gasteiger partial charge in [-0.05, 0) is 22.3 Å². The third-order valence-corrected chi connectivity index (χ3v) is 7.21. The standard InChI is InChI=1S/C36H40O7/c37-21-22-39-36-35(42-26-31-19-11-4-12-20-31)34(41-25-30-17-9-3-10-18-30)33(40-24-29-15-7-2-8-16-29)32(43-36)27-38-23-28-13-5-1-6-14-28/h1-20,32-37H,21-27H2/t32-,33-,34+,35-,36?/m1/s1. The van der Waals surface area contributed by atoms with Gasteiger partial charge in [-0.2, -0.15) is 0 Å². The van der Waals surface area contributed by atoms with Crippen LogP contribution in [0.15, 0.2) is 121 Å². The summed E-state index contributed by atoms with van der Waals surface area (Å²) in [5.41, 5.74) is 4.14. The Hall–Kier alpha value is -3.40. The lowest BCUT2D eigenvalue weighted by Gasteiger charge is -2.45. The van der Waals surface area contributed by atoms with Crippen LogP contribution in [0, 0.1) is 0 Å². The first-order valence-electron chi connectivity index (χ1n) is 14.8. The Morgan fingerprint density at radius 1 is 0.488 bits per heavy atom. The van der Waals surface area contributed by atoms with Gasteiger partial charge in [-0.1, -0.05) is 121 Å². The molecule has 7 nitrogen and oxygen atoms in total. The third-order valence-electron chi connectivity index (χ3n) is 7.21. The van der Waals surface area contributed by atoms with Crippen molar-refractivity contribution >= 4 is 0 Å². The van der Waals surface area contributed by atoms with Crippen LogP contribution >= 0.6 is 0 Å². The molecule has 0 aromatic heterocycles. The summed E-state index contributed by atoms with van der Waals surface area (Å²) in [7, 11) is 0. The van der Waals surface area contributed by atoms with Gasteiger partial charge in [0.2, 0.25) is 0 Å². The Bertz CT molecular complexity index is 1290. The second kappa shape index (κ2) is 17.0. The molecule has 43 heavy (non-hydrogen) atoms. The van der Waals surface area contributed by atoms with E-state index in [1.807, 2.05) is 121 Å². The van der Waals surface area contributed by atoms with Crippen LogP contribution in [0.4, 0.5) is 0 Å². The van der Waals surface area contributed by atoms with Gasteiger partial charge in [0.05, 0.1) is 46.2 Å².